The number of anilines is 2. The van der Waals surface area contributed by atoms with Gasteiger partial charge >= 0.3 is 0 Å². The minimum atomic E-state index is -0.326. The van der Waals surface area contributed by atoms with Gasteiger partial charge in [-0.25, -0.2) is 0 Å². The smallest absolute Gasteiger partial charge is 0.297 e. The zero-order valence-electron chi connectivity index (χ0n) is 15.6. The Labute approximate surface area is 182 Å². The number of benzene rings is 2. The molecule has 6 nitrogen and oxygen atoms in total. The molecule has 150 valence electrons. The van der Waals surface area contributed by atoms with Crippen LogP contribution in [0, 0.1) is 0 Å². The number of allylic oxidation sites excluding steroid dienone is 1. The summed E-state index contributed by atoms with van der Waals surface area (Å²) in [5, 5.41) is 12.4. The Kier molecular flexibility index (Phi) is 7.19. The average molecular weight is 449 g/mol. The molecule has 0 atom stereocenters. The van der Waals surface area contributed by atoms with E-state index in [1.54, 1.807) is 31.4 Å². The van der Waals surface area contributed by atoms with Crippen molar-refractivity contribution in [2.24, 2.45) is 0 Å². The zero-order chi connectivity index (χ0) is 20.8. The van der Waals surface area contributed by atoms with Gasteiger partial charge in [0.05, 0.1) is 22.8 Å². The third-order valence-corrected chi connectivity index (χ3v) is 5.81. The van der Waals surface area contributed by atoms with E-state index in [9.17, 15) is 4.79 Å². The van der Waals surface area contributed by atoms with Gasteiger partial charge in [-0.05, 0) is 29.8 Å². The van der Waals surface area contributed by atoms with Crippen LogP contribution in [0.3, 0.4) is 0 Å². The lowest BCUT2D eigenvalue weighted by atomic mass is 10.2. The molecular weight excluding hydrogens is 431 g/mol. The summed E-state index contributed by atoms with van der Waals surface area (Å²) in [4.78, 5) is 12.9. The Balaban J connectivity index is 1.84. The maximum absolute atomic E-state index is 12.9. The summed E-state index contributed by atoms with van der Waals surface area (Å²) < 4.78 is 6.68. The molecule has 0 saturated carbocycles. The molecule has 0 aliphatic rings. The molecule has 0 amide bonds. The monoisotopic (exact) mass is 448 g/mol. The van der Waals surface area contributed by atoms with Gasteiger partial charge in [-0.3, -0.25) is 9.36 Å². The number of nitrogens with one attached hydrogen (secondary N) is 1. The number of rotatable bonds is 8. The molecule has 3 aromatic rings. The van der Waals surface area contributed by atoms with E-state index in [0.29, 0.717) is 33.2 Å². The number of aromatic nitrogens is 3. The Hall–Kier alpha value is -2.48. The van der Waals surface area contributed by atoms with Crippen LogP contribution in [0.5, 0.6) is 5.75 Å². The second kappa shape index (κ2) is 9.82. The Bertz CT molecular complexity index is 1070. The lowest BCUT2D eigenvalue weighted by Crippen LogP contribution is -2.26. The topological polar surface area (TPSA) is 69.0 Å². The number of methoxy groups -OCH3 is 1. The van der Waals surface area contributed by atoms with Gasteiger partial charge < -0.3 is 10.1 Å². The van der Waals surface area contributed by atoms with E-state index in [4.69, 9.17) is 27.9 Å². The first kappa shape index (κ1) is 21.2. The van der Waals surface area contributed by atoms with Gasteiger partial charge in [-0.1, -0.05) is 59.2 Å². The van der Waals surface area contributed by atoms with Crippen molar-refractivity contribution in [1.82, 2.24) is 14.8 Å². The molecule has 0 saturated heterocycles. The van der Waals surface area contributed by atoms with Crippen LogP contribution in [0.25, 0.3) is 0 Å². The van der Waals surface area contributed by atoms with Crippen LogP contribution in [0.1, 0.15) is 5.56 Å². The fourth-order valence-electron chi connectivity index (χ4n) is 2.48. The summed E-state index contributed by atoms with van der Waals surface area (Å²) in [6.45, 7) is 4.03. The second-order valence-corrected chi connectivity index (χ2v) is 7.63. The van der Waals surface area contributed by atoms with E-state index in [-0.39, 0.29) is 11.4 Å². The number of hydrogen-bond acceptors (Lipinski definition) is 6. The predicted molar refractivity (Wildman–Crippen MR) is 119 cm³/mol. The Morgan fingerprint density at radius 3 is 2.66 bits per heavy atom. The molecule has 2 aromatic carbocycles. The molecule has 3 rings (SSSR count). The van der Waals surface area contributed by atoms with Gasteiger partial charge in [-0.15, -0.1) is 16.8 Å². The van der Waals surface area contributed by atoms with E-state index in [1.807, 2.05) is 24.3 Å². The first-order chi connectivity index (χ1) is 14.0. The van der Waals surface area contributed by atoms with Crippen molar-refractivity contribution in [3.8, 4) is 5.75 Å². The van der Waals surface area contributed by atoms with Gasteiger partial charge in [0.1, 0.15) is 5.75 Å². The number of ether oxygens (including phenoxy) is 1. The summed E-state index contributed by atoms with van der Waals surface area (Å²) in [5.74, 6) is 1.48. The molecule has 0 aliphatic carbocycles. The van der Waals surface area contributed by atoms with E-state index < -0.39 is 0 Å². The number of hydrogen-bond donors (Lipinski definition) is 1. The molecule has 29 heavy (non-hydrogen) atoms. The fourth-order valence-corrected chi connectivity index (χ4v) is 3.72. The van der Waals surface area contributed by atoms with Crippen molar-refractivity contribution in [3.63, 3.8) is 0 Å². The summed E-state index contributed by atoms with van der Waals surface area (Å²) in [7, 11) is 1.62. The highest BCUT2D eigenvalue weighted by molar-refractivity contribution is 7.98. The van der Waals surface area contributed by atoms with Crippen molar-refractivity contribution in [2.45, 2.75) is 17.5 Å². The lowest BCUT2D eigenvalue weighted by Gasteiger charge is -2.12. The normalized spacial score (nSPS) is 10.6. The zero-order valence-corrected chi connectivity index (χ0v) is 17.9. The molecule has 0 spiro atoms. The maximum Gasteiger partial charge on any atom is 0.297 e. The standard InChI is InChI=1S/C20H18Cl2N4O2S/c1-3-11-26-19(27)18(23-16-6-4-5-15(21)17(16)22)24-25-20(26)29-12-13-7-9-14(28-2)10-8-13/h3-10H,1,11-12H2,2H3,(H,23,24). The van der Waals surface area contributed by atoms with Crippen molar-refractivity contribution in [3.05, 3.63) is 81.1 Å². The van der Waals surface area contributed by atoms with Crippen LogP contribution in [-0.2, 0) is 12.3 Å². The van der Waals surface area contributed by atoms with Crippen LogP contribution in [0.2, 0.25) is 10.0 Å². The average Bonchev–Trinajstić information content (AvgIpc) is 2.74. The fraction of sp³-hybridized carbons (Fsp3) is 0.150. The van der Waals surface area contributed by atoms with Gasteiger partial charge in [0.2, 0.25) is 5.82 Å². The van der Waals surface area contributed by atoms with Crippen molar-refractivity contribution in [1.29, 1.82) is 0 Å². The van der Waals surface area contributed by atoms with Gasteiger partial charge in [-0.2, -0.15) is 0 Å². The minimum absolute atomic E-state index is 0.0600. The molecule has 1 heterocycles. The largest absolute Gasteiger partial charge is 0.497 e. The third-order valence-electron chi connectivity index (χ3n) is 3.96. The van der Waals surface area contributed by atoms with E-state index in [1.165, 1.54) is 16.3 Å². The lowest BCUT2D eigenvalue weighted by molar-refractivity contribution is 0.414. The summed E-state index contributed by atoms with van der Waals surface area (Å²) in [5.41, 5.74) is 1.23. The molecule has 0 bridgehead atoms. The molecule has 1 aromatic heterocycles. The molecule has 1 N–H and O–H groups in total. The first-order valence-electron chi connectivity index (χ1n) is 8.58. The minimum Gasteiger partial charge on any atom is -0.497 e. The van der Waals surface area contributed by atoms with Crippen molar-refractivity contribution in [2.75, 3.05) is 12.4 Å². The summed E-state index contributed by atoms with van der Waals surface area (Å²) >= 11 is 13.6. The quantitative estimate of drug-likeness (QED) is 0.378. The highest BCUT2D eigenvalue weighted by atomic mass is 35.5. The van der Waals surface area contributed by atoms with Crippen molar-refractivity contribution >= 4 is 46.5 Å². The second-order valence-electron chi connectivity index (χ2n) is 5.90. The first-order valence-corrected chi connectivity index (χ1v) is 10.3. The van der Waals surface area contributed by atoms with E-state index >= 15 is 0 Å². The molecule has 9 heteroatoms. The molecule has 0 aliphatic heterocycles. The van der Waals surface area contributed by atoms with Crippen LogP contribution >= 0.6 is 35.0 Å². The van der Waals surface area contributed by atoms with Gasteiger partial charge in [0.15, 0.2) is 5.16 Å². The predicted octanol–water partition coefficient (Wildman–Crippen LogP) is 5.18. The molecule has 0 radical (unpaired) electrons. The van der Waals surface area contributed by atoms with Crippen molar-refractivity contribution < 1.29 is 4.74 Å². The molecular formula is C20H18Cl2N4O2S. The Morgan fingerprint density at radius 1 is 1.21 bits per heavy atom. The van der Waals surface area contributed by atoms with Gasteiger partial charge in [0, 0.05) is 12.3 Å². The van der Waals surface area contributed by atoms with Crippen LogP contribution < -0.4 is 15.6 Å². The number of nitrogens with zero attached hydrogens (tertiary/aromatic N) is 3. The van der Waals surface area contributed by atoms with Crippen LogP contribution in [0.15, 0.2) is 65.1 Å². The maximum atomic E-state index is 12.9. The third kappa shape index (κ3) is 5.12. The molecule has 0 fully saturated rings. The van der Waals surface area contributed by atoms with E-state index in [0.717, 1.165) is 11.3 Å². The van der Waals surface area contributed by atoms with Crippen LogP contribution in [-0.4, -0.2) is 21.9 Å². The number of halogens is 2. The highest BCUT2D eigenvalue weighted by Gasteiger charge is 2.14. The van der Waals surface area contributed by atoms with E-state index in [2.05, 4.69) is 22.1 Å². The Morgan fingerprint density at radius 2 is 1.97 bits per heavy atom. The highest BCUT2D eigenvalue weighted by Crippen LogP contribution is 2.31. The van der Waals surface area contributed by atoms with Gasteiger partial charge in [0.25, 0.3) is 5.56 Å². The number of thioether (sulfide) groups is 1. The van der Waals surface area contributed by atoms with Crippen LogP contribution in [0.4, 0.5) is 11.5 Å². The summed E-state index contributed by atoms with van der Waals surface area (Å²) in [6, 6.07) is 12.8. The summed E-state index contributed by atoms with van der Waals surface area (Å²) in [6.07, 6.45) is 1.64. The SMILES string of the molecule is C=CCn1c(SCc2ccc(OC)cc2)nnc(Nc2cccc(Cl)c2Cl)c1=O. The molecule has 0 unspecified atom stereocenters.